The van der Waals surface area contributed by atoms with E-state index in [1.165, 1.54) is 6.92 Å². The summed E-state index contributed by atoms with van der Waals surface area (Å²) < 4.78 is 5.65. The van der Waals surface area contributed by atoms with Gasteiger partial charge in [-0.2, -0.15) is 0 Å². The number of ether oxygens (including phenoxy) is 1. The standard InChI is InChI=1S/C25H26N2O3/c1-18(28)26-21-14-15-27(25(29)30-17-19-8-3-2-4-9-19)24(16-21)23-13-7-11-20-10-5-6-12-22(20)23/h2-13,21,24H,14-17H2,1H3,(H,26,28). The van der Waals surface area contributed by atoms with E-state index in [2.05, 4.69) is 29.6 Å². The zero-order valence-corrected chi connectivity index (χ0v) is 17.1. The maximum absolute atomic E-state index is 13.0. The van der Waals surface area contributed by atoms with Gasteiger partial charge in [0.2, 0.25) is 5.91 Å². The minimum atomic E-state index is -0.321. The van der Waals surface area contributed by atoms with E-state index in [9.17, 15) is 9.59 Å². The van der Waals surface area contributed by atoms with Gasteiger partial charge in [0.25, 0.3) is 0 Å². The molecular formula is C25H26N2O3. The van der Waals surface area contributed by atoms with Gasteiger partial charge in [0.05, 0.1) is 6.04 Å². The molecule has 2 amide bonds. The third-order valence-electron chi connectivity index (χ3n) is 5.63. The van der Waals surface area contributed by atoms with Gasteiger partial charge in [0.1, 0.15) is 6.61 Å². The van der Waals surface area contributed by atoms with Crippen LogP contribution in [0.3, 0.4) is 0 Å². The number of carbonyl (C=O) groups is 2. The second kappa shape index (κ2) is 8.99. The molecule has 0 spiro atoms. The topological polar surface area (TPSA) is 58.6 Å². The van der Waals surface area contributed by atoms with Crippen molar-refractivity contribution in [3.8, 4) is 0 Å². The molecule has 0 radical (unpaired) electrons. The van der Waals surface area contributed by atoms with Crippen molar-refractivity contribution < 1.29 is 14.3 Å². The van der Waals surface area contributed by atoms with Crippen LogP contribution in [-0.2, 0) is 16.1 Å². The molecule has 1 saturated heterocycles. The van der Waals surface area contributed by atoms with Crippen LogP contribution in [0.5, 0.6) is 0 Å². The molecule has 3 aromatic carbocycles. The lowest BCUT2D eigenvalue weighted by Crippen LogP contribution is -2.48. The molecule has 2 atom stereocenters. The Balaban J connectivity index is 1.60. The second-order valence-electron chi connectivity index (χ2n) is 7.74. The van der Waals surface area contributed by atoms with Crippen LogP contribution < -0.4 is 5.32 Å². The number of piperidine rings is 1. The zero-order valence-electron chi connectivity index (χ0n) is 17.1. The summed E-state index contributed by atoms with van der Waals surface area (Å²) in [6.07, 6.45) is 1.05. The maximum atomic E-state index is 13.0. The molecule has 30 heavy (non-hydrogen) atoms. The molecule has 1 aliphatic heterocycles. The van der Waals surface area contributed by atoms with Gasteiger partial charge in [0, 0.05) is 19.5 Å². The van der Waals surface area contributed by atoms with Gasteiger partial charge in [-0.15, -0.1) is 0 Å². The van der Waals surface area contributed by atoms with Crippen LogP contribution >= 0.6 is 0 Å². The van der Waals surface area contributed by atoms with E-state index >= 15 is 0 Å². The first-order chi connectivity index (χ1) is 14.6. The highest BCUT2D eigenvalue weighted by atomic mass is 16.6. The summed E-state index contributed by atoms with van der Waals surface area (Å²) in [5.41, 5.74) is 2.04. The summed E-state index contributed by atoms with van der Waals surface area (Å²) in [5.74, 6) is -0.0447. The fourth-order valence-electron chi connectivity index (χ4n) is 4.24. The van der Waals surface area contributed by atoms with E-state index < -0.39 is 0 Å². The summed E-state index contributed by atoms with van der Waals surface area (Å²) in [6.45, 7) is 2.31. The van der Waals surface area contributed by atoms with Crippen molar-refractivity contribution in [2.75, 3.05) is 6.54 Å². The number of hydrogen-bond donors (Lipinski definition) is 1. The molecule has 0 saturated carbocycles. The normalized spacial score (nSPS) is 18.8. The summed E-state index contributed by atoms with van der Waals surface area (Å²) in [6, 6.07) is 23.9. The number of likely N-dealkylation sites (tertiary alicyclic amines) is 1. The fourth-order valence-corrected chi connectivity index (χ4v) is 4.24. The van der Waals surface area contributed by atoms with Gasteiger partial charge in [-0.1, -0.05) is 72.8 Å². The highest BCUT2D eigenvalue weighted by molar-refractivity contribution is 5.86. The first-order valence-electron chi connectivity index (χ1n) is 10.3. The predicted octanol–water partition coefficient (Wildman–Crippen LogP) is 4.82. The Labute approximate surface area is 176 Å². The van der Waals surface area contributed by atoms with Crippen molar-refractivity contribution in [3.63, 3.8) is 0 Å². The van der Waals surface area contributed by atoms with Crippen molar-refractivity contribution in [1.29, 1.82) is 0 Å². The van der Waals surface area contributed by atoms with Crippen LogP contribution in [0.2, 0.25) is 0 Å². The van der Waals surface area contributed by atoms with Gasteiger partial charge in [0.15, 0.2) is 0 Å². The molecule has 1 N–H and O–H groups in total. The smallest absolute Gasteiger partial charge is 0.410 e. The first kappa shape index (κ1) is 20.0. The first-order valence-corrected chi connectivity index (χ1v) is 10.3. The number of fused-ring (bicyclic) bond motifs is 1. The average Bonchev–Trinajstić information content (AvgIpc) is 2.77. The minimum absolute atomic E-state index is 0.0321. The van der Waals surface area contributed by atoms with Crippen LogP contribution in [0.25, 0.3) is 10.8 Å². The minimum Gasteiger partial charge on any atom is -0.445 e. The SMILES string of the molecule is CC(=O)NC1CCN(C(=O)OCc2ccccc2)C(c2cccc3ccccc23)C1. The maximum Gasteiger partial charge on any atom is 0.410 e. The Kier molecular flexibility index (Phi) is 5.98. The summed E-state index contributed by atoms with van der Waals surface area (Å²) in [7, 11) is 0. The van der Waals surface area contributed by atoms with E-state index in [4.69, 9.17) is 4.74 Å². The molecule has 0 aromatic heterocycles. The van der Waals surface area contributed by atoms with E-state index in [-0.39, 0.29) is 30.7 Å². The third kappa shape index (κ3) is 4.46. The molecular weight excluding hydrogens is 376 g/mol. The number of benzene rings is 3. The molecule has 5 nitrogen and oxygen atoms in total. The number of carbonyl (C=O) groups excluding carboxylic acids is 2. The van der Waals surface area contributed by atoms with E-state index in [1.807, 2.05) is 53.4 Å². The lowest BCUT2D eigenvalue weighted by molar-refractivity contribution is -0.120. The Bertz CT molecular complexity index is 1030. The molecule has 3 aromatic rings. The molecule has 4 rings (SSSR count). The van der Waals surface area contributed by atoms with E-state index in [0.29, 0.717) is 19.4 Å². The summed E-state index contributed by atoms with van der Waals surface area (Å²) >= 11 is 0. The average molecular weight is 402 g/mol. The van der Waals surface area contributed by atoms with Crippen molar-refractivity contribution >= 4 is 22.8 Å². The lowest BCUT2D eigenvalue weighted by Gasteiger charge is -2.39. The van der Waals surface area contributed by atoms with E-state index in [1.54, 1.807) is 0 Å². The van der Waals surface area contributed by atoms with Crippen LogP contribution in [-0.4, -0.2) is 29.5 Å². The highest BCUT2D eigenvalue weighted by Crippen LogP contribution is 2.35. The fraction of sp³-hybridized carbons (Fsp3) is 0.280. The number of amides is 2. The summed E-state index contributed by atoms with van der Waals surface area (Å²) in [5, 5.41) is 5.28. The molecule has 0 bridgehead atoms. The van der Waals surface area contributed by atoms with Gasteiger partial charge in [-0.05, 0) is 34.7 Å². The third-order valence-corrected chi connectivity index (χ3v) is 5.63. The second-order valence-corrected chi connectivity index (χ2v) is 7.74. The predicted molar refractivity (Wildman–Crippen MR) is 117 cm³/mol. The molecule has 154 valence electrons. The lowest BCUT2D eigenvalue weighted by atomic mass is 9.89. The number of nitrogens with one attached hydrogen (secondary N) is 1. The van der Waals surface area contributed by atoms with Crippen molar-refractivity contribution in [1.82, 2.24) is 10.2 Å². The Morgan fingerprint density at radius 3 is 2.53 bits per heavy atom. The van der Waals surface area contributed by atoms with Crippen molar-refractivity contribution in [2.24, 2.45) is 0 Å². The molecule has 2 unspecified atom stereocenters. The molecule has 0 aliphatic carbocycles. The largest absolute Gasteiger partial charge is 0.445 e. The number of rotatable bonds is 4. The van der Waals surface area contributed by atoms with Crippen LogP contribution in [0.4, 0.5) is 4.79 Å². The quantitative estimate of drug-likeness (QED) is 0.681. The molecule has 5 heteroatoms. The van der Waals surface area contributed by atoms with Gasteiger partial charge in [-0.25, -0.2) is 4.79 Å². The highest BCUT2D eigenvalue weighted by Gasteiger charge is 2.34. The zero-order chi connectivity index (χ0) is 20.9. The van der Waals surface area contributed by atoms with E-state index in [0.717, 1.165) is 21.9 Å². The molecule has 1 aliphatic rings. The van der Waals surface area contributed by atoms with Crippen molar-refractivity contribution in [2.45, 2.75) is 38.5 Å². The number of nitrogens with zero attached hydrogens (tertiary/aromatic N) is 1. The van der Waals surface area contributed by atoms with Gasteiger partial charge >= 0.3 is 6.09 Å². The molecule has 1 fully saturated rings. The van der Waals surface area contributed by atoms with Crippen LogP contribution in [0.1, 0.15) is 36.9 Å². The Morgan fingerprint density at radius 1 is 1.00 bits per heavy atom. The van der Waals surface area contributed by atoms with Gasteiger partial charge in [-0.3, -0.25) is 4.79 Å². The van der Waals surface area contributed by atoms with Crippen LogP contribution in [0, 0.1) is 0 Å². The molecule has 1 heterocycles. The van der Waals surface area contributed by atoms with Crippen molar-refractivity contribution in [3.05, 3.63) is 83.9 Å². The number of hydrogen-bond acceptors (Lipinski definition) is 3. The van der Waals surface area contributed by atoms with Gasteiger partial charge < -0.3 is 15.0 Å². The Morgan fingerprint density at radius 2 is 1.73 bits per heavy atom. The van der Waals surface area contributed by atoms with Crippen LogP contribution in [0.15, 0.2) is 72.8 Å². The summed E-state index contributed by atoms with van der Waals surface area (Å²) in [4.78, 5) is 26.5. The monoisotopic (exact) mass is 402 g/mol. The Hall–Kier alpha value is -3.34.